The van der Waals surface area contributed by atoms with Gasteiger partial charge < -0.3 is 20.1 Å². The highest BCUT2D eigenvalue weighted by atomic mass is 16.5. The standard InChI is InChI=1S/C18H20N2O4/c1-23-15-10-6-9-14(17(15)24-2)11-19-16(21)12-20-18(22)13-7-4-3-5-8-13/h3-10H,11-12H2,1-2H3,(H,19,21)(H,20,22). The van der Waals surface area contributed by atoms with Gasteiger partial charge in [-0.3, -0.25) is 9.59 Å². The summed E-state index contributed by atoms with van der Waals surface area (Å²) in [5, 5.41) is 5.32. The Kier molecular flexibility index (Phi) is 6.19. The van der Waals surface area contributed by atoms with Crippen LogP contribution < -0.4 is 20.1 Å². The van der Waals surface area contributed by atoms with Crippen LogP contribution in [0.5, 0.6) is 11.5 Å². The van der Waals surface area contributed by atoms with Crippen LogP contribution in [0.15, 0.2) is 48.5 Å². The molecule has 0 aliphatic carbocycles. The number of carbonyl (C=O) groups excluding carboxylic acids is 2. The van der Waals surface area contributed by atoms with Crippen molar-refractivity contribution < 1.29 is 19.1 Å². The molecule has 0 fully saturated rings. The molecular formula is C18H20N2O4. The zero-order valence-electron chi connectivity index (χ0n) is 13.7. The summed E-state index contributed by atoms with van der Waals surface area (Å²) >= 11 is 0. The number of hydrogen-bond acceptors (Lipinski definition) is 4. The van der Waals surface area contributed by atoms with Gasteiger partial charge in [0, 0.05) is 17.7 Å². The molecule has 0 heterocycles. The number of hydrogen-bond donors (Lipinski definition) is 2. The fourth-order valence-corrected chi connectivity index (χ4v) is 2.20. The first kappa shape index (κ1) is 17.3. The number of para-hydroxylation sites is 1. The molecule has 0 radical (unpaired) electrons. The molecule has 6 nitrogen and oxygen atoms in total. The zero-order valence-corrected chi connectivity index (χ0v) is 13.7. The number of benzene rings is 2. The summed E-state index contributed by atoms with van der Waals surface area (Å²) in [4.78, 5) is 23.8. The SMILES string of the molecule is COc1cccc(CNC(=O)CNC(=O)c2ccccc2)c1OC. The Labute approximate surface area is 140 Å². The molecule has 0 bridgehead atoms. The lowest BCUT2D eigenvalue weighted by atomic mass is 10.2. The molecule has 0 saturated heterocycles. The van der Waals surface area contributed by atoms with Crippen LogP contribution in [0.3, 0.4) is 0 Å². The number of nitrogens with one attached hydrogen (secondary N) is 2. The number of amides is 2. The Balaban J connectivity index is 1.87. The molecule has 2 rings (SSSR count). The molecule has 2 N–H and O–H groups in total. The van der Waals surface area contributed by atoms with Gasteiger partial charge in [-0.15, -0.1) is 0 Å². The van der Waals surface area contributed by atoms with Gasteiger partial charge in [-0.1, -0.05) is 30.3 Å². The van der Waals surface area contributed by atoms with Crippen molar-refractivity contribution in [2.45, 2.75) is 6.54 Å². The molecule has 2 aromatic carbocycles. The number of ether oxygens (including phenoxy) is 2. The zero-order chi connectivity index (χ0) is 17.4. The molecule has 0 aliphatic rings. The maximum atomic E-state index is 11.9. The van der Waals surface area contributed by atoms with E-state index in [0.29, 0.717) is 17.1 Å². The largest absolute Gasteiger partial charge is 0.493 e. The van der Waals surface area contributed by atoms with Crippen molar-refractivity contribution in [2.75, 3.05) is 20.8 Å². The van der Waals surface area contributed by atoms with Crippen LogP contribution in [0.1, 0.15) is 15.9 Å². The highest BCUT2D eigenvalue weighted by molar-refractivity contribution is 5.96. The minimum atomic E-state index is -0.288. The summed E-state index contributed by atoms with van der Waals surface area (Å²) in [6.07, 6.45) is 0. The maximum Gasteiger partial charge on any atom is 0.251 e. The lowest BCUT2D eigenvalue weighted by Gasteiger charge is -2.13. The van der Waals surface area contributed by atoms with Gasteiger partial charge in [0.15, 0.2) is 11.5 Å². The third-order valence-corrected chi connectivity index (χ3v) is 3.41. The van der Waals surface area contributed by atoms with Crippen molar-refractivity contribution in [3.63, 3.8) is 0 Å². The predicted octanol–water partition coefficient (Wildman–Crippen LogP) is 1.75. The fourth-order valence-electron chi connectivity index (χ4n) is 2.20. The highest BCUT2D eigenvalue weighted by Gasteiger charge is 2.11. The smallest absolute Gasteiger partial charge is 0.251 e. The molecule has 0 atom stereocenters. The van der Waals surface area contributed by atoms with E-state index in [-0.39, 0.29) is 24.9 Å². The Bertz CT molecular complexity index is 701. The summed E-state index contributed by atoms with van der Waals surface area (Å²) in [6.45, 7) is 0.181. The van der Waals surface area contributed by atoms with Gasteiger partial charge in [0.25, 0.3) is 5.91 Å². The lowest BCUT2D eigenvalue weighted by molar-refractivity contribution is -0.120. The molecule has 0 saturated carbocycles. The van der Waals surface area contributed by atoms with E-state index >= 15 is 0 Å². The lowest BCUT2D eigenvalue weighted by Crippen LogP contribution is -2.36. The third-order valence-electron chi connectivity index (χ3n) is 3.41. The summed E-state index contributed by atoms with van der Waals surface area (Å²) in [5.74, 6) is 0.601. The maximum absolute atomic E-state index is 11.9. The summed E-state index contributed by atoms with van der Waals surface area (Å²) in [6, 6.07) is 14.2. The Morgan fingerprint density at radius 3 is 2.33 bits per heavy atom. The van der Waals surface area contributed by atoms with E-state index in [4.69, 9.17) is 9.47 Å². The van der Waals surface area contributed by atoms with Crippen molar-refractivity contribution in [1.29, 1.82) is 0 Å². The minimum Gasteiger partial charge on any atom is -0.493 e. The van der Waals surface area contributed by atoms with Gasteiger partial charge in [0.2, 0.25) is 5.91 Å². The van der Waals surface area contributed by atoms with Crippen LogP contribution >= 0.6 is 0 Å². The van der Waals surface area contributed by atoms with Crippen molar-refractivity contribution >= 4 is 11.8 Å². The molecule has 0 unspecified atom stereocenters. The average molecular weight is 328 g/mol. The van der Waals surface area contributed by atoms with Crippen LogP contribution in [0.25, 0.3) is 0 Å². The van der Waals surface area contributed by atoms with Gasteiger partial charge in [-0.2, -0.15) is 0 Å². The second-order valence-electron chi connectivity index (χ2n) is 4.98. The van der Waals surface area contributed by atoms with E-state index in [1.807, 2.05) is 18.2 Å². The monoisotopic (exact) mass is 328 g/mol. The summed E-state index contributed by atoms with van der Waals surface area (Å²) in [7, 11) is 3.10. The van der Waals surface area contributed by atoms with E-state index in [0.717, 1.165) is 5.56 Å². The molecule has 0 aromatic heterocycles. The molecule has 126 valence electrons. The molecule has 0 aliphatic heterocycles. The van der Waals surface area contributed by atoms with Gasteiger partial charge in [-0.05, 0) is 18.2 Å². The van der Waals surface area contributed by atoms with Crippen molar-refractivity contribution in [3.05, 3.63) is 59.7 Å². The van der Waals surface area contributed by atoms with Crippen LogP contribution in [-0.2, 0) is 11.3 Å². The van der Waals surface area contributed by atoms with Crippen LogP contribution in [0.2, 0.25) is 0 Å². The van der Waals surface area contributed by atoms with E-state index in [1.54, 1.807) is 44.6 Å². The first-order valence-electron chi connectivity index (χ1n) is 7.45. The Morgan fingerprint density at radius 1 is 0.917 bits per heavy atom. The van der Waals surface area contributed by atoms with E-state index in [9.17, 15) is 9.59 Å². The van der Waals surface area contributed by atoms with Crippen molar-refractivity contribution in [3.8, 4) is 11.5 Å². The topological polar surface area (TPSA) is 76.7 Å². The molecule has 2 amide bonds. The Hall–Kier alpha value is -3.02. The molecule has 2 aromatic rings. The van der Waals surface area contributed by atoms with Crippen LogP contribution in [-0.4, -0.2) is 32.6 Å². The predicted molar refractivity (Wildman–Crippen MR) is 90.2 cm³/mol. The van der Waals surface area contributed by atoms with E-state index in [1.165, 1.54) is 0 Å². The molecular weight excluding hydrogens is 308 g/mol. The van der Waals surface area contributed by atoms with E-state index < -0.39 is 0 Å². The van der Waals surface area contributed by atoms with Gasteiger partial charge in [-0.25, -0.2) is 0 Å². The first-order chi connectivity index (χ1) is 11.7. The second kappa shape index (κ2) is 8.57. The Morgan fingerprint density at radius 2 is 1.67 bits per heavy atom. The van der Waals surface area contributed by atoms with Crippen LogP contribution in [0, 0.1) is 0 Å². The summed E-state index contributed by atoms with van der Waals surface area (Å²) < 4.78 is 10.5. The number of rotatable bonds is 7. The fraction of sp³-hybridized carbons (Fsp3) is 0.222. The van der Waals surface area contributed by atoms with Gasteiger partial charge in [0.05, 0.1) is 20.8 Å². The third kappa shape index (κ3) is 4.49. The van der Waals surface area contributed by atoms with Crippen molar-refractivity contribution in [2.24, 2.45) is 0 Å². The normalized spacial score (nSPS) is 9.92. The van der Waals surface area contributed by atoms with Gasteiger partial charge in [0.1, 0.15) is 0 Å². The van der Waals surface area contributed by atoms with Crippen molar-refractivity contribution in [1.82, 2.24) is 10.6 Å². The molecule has 24 heavy (non-hydrogen) atoms. The molecule has 0 spiro atoms. The second-order valence-corrected chi connectivity index (χ2v) is 4.98. The average Bonchev–Trinajstić information content (AvgIpc) is 2.64. The summed E-state index contributed by atoms with van der Waals surface area (Å²) in [5.41, 5.74) is 1.30. The minimum absolute atomic E-state index is 0.0972. The van der Waals surface area contributed by atoms with Gasteiger partial charge >= 0.3 is 0 Å². The quantitative estimate of drug-likeness (QED) is 0.812. The highest BCUT2D eigenvalue weighted by Crippen LogP contribution is 2.30. The number of carbonyl (C=O) groups is 2. The molecule has 6 heteroatoms. The first-order valence-corrected chi connectivity index (χ1v) is 7.45. The van der Waals surface area contributed by atoms with Crippen LogP contribution in [0.4, 0.5) is 0 Å². The van der Waals surface area contributed by atoms with E-state index in [2.05, 4.69) is 10.6 Å². The number of methoxy groups -OCH3 is 2.